The summed E-state index contributed by atoms with van der Waals surface area (Å²) >= 11 is 0. The van der Waals surface area contributed by atoms with Crippen molar-refractivity contribution in [2.24, 2.45) is 39.9 Å². The van der Waals surface area contributed by atoms with E-state index < -0.39 is 5.97 Å². The predicted molar refractivity (Wildman–Crippen MR) is 134 cm³/mol. The van der Waals surface area contributed by atoms with Crippen LogP contribution >= 0.6 is 0 Å². The van der Waals surface area contributed by atoms with Gasteiger partial charge in [-0.05, 0) is 92.8 Å². The summed E-state index contributed by atoms with van der Waals surface area (Å²) in [5.74, 6) is 1.67. The lowest BCUT2D eigenvalue weighted by molar-refractivity contribution is -0.139. The molecule has 4 aliphatic carbocycles. The van der Waals surface area contributed by atoms with Gasteiger partial charge in [0, 0.05) is 17.4 Å². The number of fused-ring (bicyclic) bond motifs is 4. The largest absolute Gasteiger partial charge is 0.478 e. The summed E-state index contributed by atoms with van der Waals surface area (Å²) < 4.78 is 0. The fourth-order valence-corrected chi connectivity index (χ4v) is 8.58. The number of rotatable bonds is 5. The summed E-state index contributed by atoms with van der Waals surface area (Å²) in [5, 5.41) is 9.12. The number of carboxylic acids is 1. The van der Waals surface area contributed by atoms with E-state index in [0.717, 1.165) is 44.9 Å². The van der Waals surface area contributed by atoms with Crippen molar-refractivity contribution in [1.29, 1.82) is 0 Å². The van der Waals surface area contributed by atoms with E-state index in [1.165, 1.54) is 18.4 Å². The zero-order chi connectivity index (χ0) is 24.3. The Kier molecular flexibility index (Phi) is 6.11. The molecule has 0 aromatic rings. The molecule has 0 bridgehead atoms. The van der Waals surface area contributed by atoms with E-state index in [1.807, 2.05) is 6.08 Å². The topological polar surface area (TPSA) is 54.4 Å². The van der Waals surface area contributed by atoms with Crippen LogP contribution in [-0.2, 0) is 9.59 Å². The highest BCUT2D eigenvalue weighted by molar-refractivity contribution is 5.86. The van der Waals surface area contributed by atoms with Crippen LogP contribution in [0, 0.1) is 39.9 Å². The number of allylic oxidation sites excluding steroid dienone is 4. The number of ketones is 1. The first-order valence-electron chi connectivity index (χ1n) is 13.2. The minimum atomic E-state index is -0.817. The van der Waals surface area contributed by atoms with Gasteiger partial charge < -0.3 is 5.11 Å². The zero-order valence-electron chi connectivity index (χ0n) is 21.7. The van der Waals surface area contributed by atoms with Crippen LogP contribution in [0.3, 0.4) is 0 Å². The van der Waals surface area contributed by atoms with E-state index in [-0.39, 0.29) is 16.2 Å². The van der Waals surface area contributed by atoms with Crippen LogP contribution in [-0.4, -0.2) is 16.9 Å². The lowest BCUT2D eigenvalue weighted by atomic mass is 9.49. The number of carbonyl (C=O) groups is 2. The zero-order valence-corrected chi connectivity index (χ0v) is 21.7. The molecule has 3 nitrogen and oxygen atoms in total. The maximum Gasteiger partial charge on any atom is 0.330 e. The fourth-order valence-electron chi connectivity index (χ4n) is 8.58. The quantitative estimate of drug-likeness (QED) is 0.346. The van der Waals surface area contributed by atoms with E-state index >= 15 is 0 Å². The van der Waals surface area contributed by atoms with Gasteiger partial charge in [0.1, 0.15) is 5.78 Å². The van der Waals surface area contributed by atoms with Crippen LogP contribution < -0.4 is 0 Å². The second kappa shape index (κ2) is 8.24. The van der Waals surface area contributed by atoms with Crippen molar-refractivity contribution >= 4 is 11.8 Å². The molecule has 0 unspecified atom stereocenters. The predicted octanol–water partition coefficient (Wildman–Crippen LogP) is 7.53. The van der Waals surface area contributed by atoms with Gasteiger partial charge in [-0.15, -0.1) is 0 Å². The molecule has 2 saturated carbocycles. The Balaban J connectivity index is 1.54. The van der Waals surface area contributed by atoms with Crippen molar-refractivity contribution in [2.75, 3.05) is 0 Å². The van der Waals surface area contributed by atoms with Crippen molar-refractivity contribution < 1.29 is 14.7 Å². The van der Waals surface area contributed by atoms with Crippen LogP contribution in [0.1, 0.15) is 99.3 Å². The molecular formula is C30H44O3. The Labute approximate surface area is 200 Å². The smallest absolute Gasteiger partial charge is 0.330 e. The number of carbonyl (C=O) groups excluding carboxylic acids is 1. The van der Waals surface area contributed by atoms with Gasteiger partial charge in [0.2, 0.25) is 0 Å². The van der Waals surface area contributed by atoms with E-state index in [2.05, 4.69) is 34.6 Å². The molecule has 0 aliphatic heterocycles. The number of hydrogen-bond acceptors (Lipinski definition) is 2. The molecule has 6 atom stereocenters. The molecule has 182 valence electrons. The first-order valence-corrected chi connectivity index (χ1v) is 13.2. The van der Waals surface area contributed by atoms with Gasteiger partial charge >= 0.3 is 5.97 Å². The summed E-state index contributed by atoms with van der Waals surface area (Å²) in [6, 6.07) is 0. The summed E-state index contributed by atoms with van der Waals surface area (Å²) in [6.45, 7) is 18.1. The average molecular weight is 453 g/mol. The molecule has 2 fully saturated rings. The second-order valence-electron chi connectivity index (χ2n) is 12.8. The van der Waals surface area contributed by atoms with Gasteiger partial charge in [-0.1, -0.05) is 64.0 Å². The first kappa shape index (κ1) is 24.5. The number of carboxylic acid groups (broad SMARTS) is 1. The van der Waals surface area contributed by atoms with Crippen LogP contribution in [0.5, 0.6) is 0 Å². The fraction of sp³-hybridized carbons (Fsp3) is 0.733. The summed E-state index contributed by atoms with van der Waals surface area (Å²) in [5.41, 5.74) is 5.49. The van der Waals surface area contributed by atoms with Gasteiger partial charge in [-0.2, -0.15) is 0 Å². The number of aliphatic carboxylic acids is 1. The Morgan fingerprint density at radius 1 is 1.12 bits per heavy atom. The highest BCUT2D eigenvalue weighted by Gasteiger charge is 2.60. The maximum absolute atomic E-state index is 12.8. The molecule has 4 aliphatic rings. The highest BCUT2D eigenvalue weighted by Crippen LogP contribution is 2.69. The molecule has 0 spiro atoms. The van der Waals surface area contributed by atoms with Crippen LogP contribution in [0.25, 0.3) is 0 Å². The van der Waals surface area contributed by atoms with E-state index in [9.17, 15) is 9.59 Å². The Hall–Kier alpha value is -1.64. The third kappa shape index (κ3) is 3.69. The molecule has 1 N–H and O–H groups in total. The van der Waals surface area contributed by atoms with Gasteiger partial charge in [0.05, 0.1) is 0 Å². The standard InChI is InChI=1S/C30H44O3/c1-18(9-8-10-19(2)27(32)33)21-13-15-29(6)22-11-12-25-28(4,5)26(31)14-16-30(25,7)24(22)17-23(29)20(21)3/h10,18,21,23,25H,3,8-9,11-17H2,1-2,4-7H3,(H,32,33)/b19-10-/t18-,21-,23+,25+,29+,30-/m1/s1. The third-order valence-corrected chi connectivity index (χ3v) is 10.8. The lowest BCUT2D eigenvalue weighted by Crippen LogP contribution is -2.50. The molecule has 0 amide bonds. The SMILES string of the molecule is C=C1[C@@H]([C@H](C)CC/C=C(/C)C(=O)O)CC[C@@]2(C)C3=C(C[C@@H]12)[C@@]1(C)CCC(=O)C(C)(C)[C@@H]1CC3. The number of Topliss-reactive ketones (excluding diaryl/α,β-unsaturated/α-hetero) is 1. The molecule has 0 aromatic carbocycles. The van der Waals surface area contributed by atoms with Crippen LogP contribution in [0.15, 0.2) is 34.9 Å². The molecule has 4 rings (SSSR count). The summed E-state index contributed by atoms with van der Waals surface area (Å²) in [4.78, 5) is 23.9. The van der Waals surface area contributed by atoms with Crippen molar-refractivity contribution in [3.8, 4) is 0 Å². The van der Waals surface area contributed by atoms with E-state index in [4.69, 9.17) is 11.7 Å². The van der Waals surface area contributed by atoms with Crippen LogP contribution in [0.4, 0.5) is 0 Å². The molecule has 0 radical (unpaired) electrons. The minimum Gasteiger partial charge on any atom is -0.478 e. The van der Waals surface area contributed by atoms with Gasteiger partial charge in [-0.25, -0.2) is 4.79 Å². The van der Waals surface area contributed by atoms with E-state index in [0.29, 0.717) is 35.0 Å². The molecule has 0 aromatic heterocycles. The Bertz CT molecular complexity index is 934. The lowest BCUT2D eigenvalue weighted by Gasteiger charge is -2.54. The molecule has 3 heteroatoms. The molecule has 0 heterocycles. The molecule has 33 heavy (non-hydrogen) atoms. The molecular weight excluding hydrogens is 408 g/mol. The Morgan fingerprint density at radius 3 is 2.48 bits per heavy atom. The van der Waals surface area contributed by atoms with Crippen molar-refractivity contribution in [3.63, 3.8) is 0 Å². The van der Waals surface area contributed by atoms with E-state index in [1.54, 1.807) is 18.1 Å². The minimum absolute atomic E-state index is 0.159. The monoisotopic (exact) mass is 452 g/mol. The normalized spacial score (nSPS) is 39.1. The third-order valence-electron chi connectivity index (χ3n) is 10.8. The maximum atomic E-state index is 12.8. The van der Waals surface area contributed by atoms with Gasteiger partial charge in [0.25, 0.3) is 0 Å². The first-order chi connectivity index (χ1) is 15.3. The van der Waals surface area contributed by atoms with Crippen molar-refractivity contribution in [2.45, 2.75) is 99.3 Å². The summed E-state index contributed by atoms with van der Waals surface area (Å²) in [6.07, 6.45) is 11.3. The van der Waals surface area contributed by atoms with Gasteiger partial charge in [0.15, 0.2) is 0 Å². The molecule has 0 saturated heterocycles. The number of hydrogen-bond donors (Lipinski definition) is 1. The van der Waals surface area contributed by atoms with Gasteiger partial charge in [-0.3, -0.25) is 4.79 Å². The second-order valence-corrected chi connectivity index (χ2v) is 12.8. The highest BCUT2D eigenvalue weighted by atomic mass is 16.4. The Morgan fingerprint density at radius 2 is 1.82 bits per heavy atom. The van der Waals surface area contributed by atoms with Crippen molar-refractivity contribution in [3.05, 3.63) is 34.9 Å². The van der Waals surface area contributed by atoms with Crippen LogP contribution in [0.2, 0.25) is 0 Å². The average Bonchev–Trinajstić information content (AvgIpc) is 3.06. The van der Waals surface area contributed by atoms with Crippen molar-refractivity contribution in [1.82, 2.24) is 0 Å². The summed E-state index contributed by atoms with van der Waals surface area (Å²) in [7, 11) is 0.